The normalized spacial score (nSPS) is 11.8. The molecule has 13 heavy (non-hydrogen) atoms. The third-order valence-corrected chi connectivity index (χ3v) is 1.78. The summed E-state index contributed by atoms with van der Waals surface area (Å²) in [5.41, 5.74) is 0. The van der Waals surface area contributed by atoms with Crippen LogP contribution >= 0.6 is 0 Å². The van der Waals surface area contributed by atoms with E-state index in [1.165, 1.54) is 0 Å². The van der Waals surface area contributed by atoms with Crippen molar-refractivity contribution in [1.29, 1.82) is 0 Å². The van der Waals surface area contributed by atoms with Gasteiger partial charge in [0, 0.05) is 6.04 Å². The summed E-state index contributed by atoms with van der Waals surface area (Å²) in [5.74, 6) is 0. The predicted molar refractivity (Wildman–Crippen MR) is 53.7 cm³/mol. The molecular formula is C10H19NO2. The van der Waals surface area contributed by atoms with Gasteiger partial charge in [-0.1, -0.05) is 32.9 Å². The lowest BCUT2D eigenvalue weighted by atomic mass is 10.1. The molecule has 0 aromatic carbocycles. The summed E-state index contributed by atoms with van der Waals surface area (Å²) in [6, 6.07) is 0.238. The molecule has 0 aliphatic rings. The number of nitrogens with one attached hydrogen (secondary N) is 1. The molecule has 76 valence electrons. The van der Waals surface area contributed by atoms with E-state index in [1.54, 1.807) is 6.08 Å². The minimum absolute atomic E-state index is 0.238. The Balaban J connectivity index is 3.65. The van der Waals surface area contributed by atoms with Crippen LogP contribution in [0.25, 0.3) is 0 Å². The first kappa shape index (κ1) is 12.0. The number of hydrogen-bond acceptors (Lipinski definition) is 2. The summed E-state index contributed by atoms with van der Waals surface area (Å²) in [6.07, 6.45) is 4.22. The highest BCUT2D eigenvalue weighted by atomic mass is 16.5. The molecule has 0 radical (unpaired) electrons. The molecule has 1 N–H and O–H groups in total. The first-order valence-electron chi connectivity index (χ1n) is 4.78. The van der Waals surface area contributed by atoms with Crippen LogP contribution in [0, 0.1) is 0 Å². The molecule has 0 rings (SSSR count). The van der Waals surface area contributed by atoms with Gasteiger partial charge < -0.3 is 10.1 Å². The van der Waals surface area contributed by atoms with Crippen molar-refractivity contribution in [3.05, 3.63) is 12.7 Å². The van der Waals surface area contributed by atoms with Gasteiger partial charge in [0.05, 0.1) is 0 Å². The Morgan fingerprint density at radius 1 is 1.62 bits per heavy atom. The molecule has 1 unspecified atom stereocenters. The molecule has 1 atom stereocenters. The number of carbonyl (C=O) groups excluding carboxylic acids is 1. The van der Waals surface area contributed by atoms with E-state index >= 15 is 0 Å². The lowest BCUT2D eigenvalue weighted by molar-refractivity contribution is 0.153. The zero-order valence-corrected chi connectivity index (χ0v) is 8.51. The molecule has 0 aromatic rings. The van der Waals surface area contributed by atoms with Gasteiger partial charge >= 0.3 is 6.09 Å². The second kappa shape index (κ2) is 7.65. The Hall–Kier alpha value is -0.990. The van der Waals surface area contributed by atoms with Crippen LogP contribution in [0.15, 0.2) is 12.7 Å². The average Bonchev–Trinajstić information content (AvgIpc) is 2.14. The van der Waals surface area contributed by atoms with Crippen LogP contribution in [0.5, 0.6) is 0 Å². The average molecular weight is 185 g/mol. The standard InChI is InChI=1S/C10H19NO2/c1-4-7-9(6-3)11-10(12)13-8-5-2/h5,9H,2,4,6-8H2,1,3H3,(H,11,12). The van der Waals surface area contributed by atoms with Crippen LogP contribution in [0.1, 0.15) is 33.1 Å². The van der Waals surface area contributed by atoms with Gasteiger partial charge in [-0.05, 0) is 12.8 Å². The number of amides is 1. The van der Waals surface area contributed by atoms with Crippen molar-refractivity contribution in [3.8, 4) is 0 Å². The van der Waals surface area contributed by atoms with Crippen LogP contribution in [0.2, 0.25) is 0 Å². The van der Waals surface area contributed by atoms with Gasteiger partial charge in [-0.15, -0.1) is 0 Å². The summed E-state index contributed by atoms with van der Waals surface area (Å²) in [7, 11) is 0. The molecule has 0 aliphatic heterocycles. The smallest absolute Gasteiger partial charge is 0.407 e. The number of carbonyl (C=O) groups is 1. The Bertz CT molecular complexity index is 157. The second-order valence-corrected chi connectivity index (χ2v) is 2.93. The van der Waals surface area contributed by atoms with Crippen LogP contribution in [-0.4, -0.2) is 18.7 Å². The first-order valence-corrected chi connectivity index (χ1v) is 4.78. The van der Waals surface area contributed by atoms with Crippen molar-refractivity contribution in [3.63, 3.8) is 0 Å². The first-order chi connectivity index (χ1) is 6.24. The van der Waals surface area contributed by atoms with Crippen molar-refractivity contribution in [1.82, 2.24) is 5.32 Å². The third-order valence-electron chi connectivity index (χ3n) is 1.78. The van der Waals surface area contributed by atoms with E-state index in [9.17, 15) is 4.79 Å². The van der Waals surface area contributed by atoms with Crippen LogP contribution in [0.4, 0.5) is 4.79 Å². The minimum atomic E-state index is -0.347. The molecule has 0 aromatic heterocycles. The molecule has 0 fully saturated rings. The lowest BCUT2D eigenvalue weighted by Crippen LogP contribution is -2.34. The van der Waals surface area contributed by atoms with E-state index in [0.717, 1.165) is 19.3 Å². The number of hydrogen-bond donors (Lipinski definition) is 1. The summed E-state index contributed by atoms with van der Waals surface area (Å²) in [6.45, 7) is 7.88. The van der Waals surface area contributed by atoms with E-state index in [0.29, 0.717) is 0 Å². The quantitative estimate of drug-likeness (QED) is 0.645. The number of ether oxygens (including phenoxy) is 1. The summed E-state index contributed by atoms with van der Waals surface area (Å²) < 4.78 is 4.80. The molecule has 0 heterocycles. The molecule has 3 nitrogen and oxygen atoms in total. The van der Waals surface area contributed by atoms with E-state index in [-0.39, 0.29) is 18.7 Å². The van der Waals surface area contributed by atoms with Crippen molar-refractivity contribution in [2.24, 2.45) is 0 Å². The molecule has 0 bridgehead atoms. The van der Waals surface area contributed by atoms with Gasteiger partial charge in [-0.25, -0.2) is 4.79 Å². The predicted octanol–water partition coefficient (Wildman–Crippen LogP) is 2.48. The fourth-order valence-corrected chi connectivity index (χ4v) is 1.07. The van der Waals surface area contributed by atoms with Crippen LogP contribution in [-0.2, 0) is 4.74 Å². The molecule has 0 saturated carbocycles. The minimum Gasteiger partial charge on any atom is -0.445 e. The highest BCUT2D eigenvalue weighted by Gasteiger charge is 2.08. The highest BCUT2D eigenvalue weighted by molar-refractivity contribution is 5.67. The fourth-order valence-electron chi connectivity index (χ4n) is 1.07. The fraction of sp³-hybridized carbons (Fsp3) is 0.700. The maximum atomic E-state index is 11.1. The van der Waals surface area contributed by atoms with Crippen LogP contribution < -0.4 is 5.32 Å². The molecule has 0 saturated heterocycles. The van der Waals surface area contributed by atoms with Gasteiger partial charge in [0.25, 0.3) is 0 Å². The van der Waals surface area contributed by atoms with Gasteiger partial charge in [0.15, 0.2) is 0 Å². The molecule has 1 amide bonds. The van der Waals surface area contributed by atoms with E-state index < -0.39 is 0 Å². The van der Waals surface area contributed by atoms with Gasteiger partial charge in [0.2, 0.25) is 0 Å². The molecule has 3 heteroatoms. The van der Waals surface area contributed by atoms with E-state index in [2.05, 4.69) is 18.8 Å². The largest absolute Gasteiger partial charge is 0.445 e. The maximum absolute atomic E-state index is 11.1. The summed E-state index contributed by atoms with van der Waals surface area (Å²) in [5, 5.41) is 2.79. The van der Waals surface area contributed by atoms with Gasteiger partial charge in [-0.3, -0.25) is 0 Å². The summed E-state index contributed by atoms with van der Waals surface area (Å²) in [4.78, 5) is 11.1. The zero-order chi connectivity index (χ0) is 10.1. The van der Waals surface area contributed by atoms with Gasteiger partial charge in [-0.2, -0.15) is 0 Å². The van der Waals surface area contributed by atoms with Gasteiger partial charge in [0.1, 0.15) is 6.61 Å². The maximum Gasteiger partial charge on any atom is 0.407 e. The molecular weight excluding hydrogens is 166 g/mol. The van der Waals surface area contributed by atoms with Crippen molar-refractivity contribution in [2.45, 2.75) is 39.2 Å². The van der Waals surface area contributed by atoms with Crippen molar-refractivity contribution in [2.75, 3.05) is 6.61 Å². The topological polar surface area (TPSA) is 38.3 Å². The summed E-state index contributed by atoms with van der Waals surface area (Å²) >= 11 is 0. The Morgan fingerprint density at radius 2 is 2.31 bits per heavy atom. The molecule has 0 aliphatic carbocycles. The van der Waals surface area contributed by atoms with Crippen LogP contribution in [0.3, 0.4) is 0 Å². The number of alkyl carbamates (subject to hydrolysis) is 1. The third kappa shape index (κ3) is 6.20. The van der Waals surface area contributed by atoms with Crippen molar-refractivity contribution >= 4 is 6.09 Å². The second-order valence-electron chi connectivity index (χ2n) is 2.93. The zero-order valence-electron chi connectivity index (χ0n) is 8.51. The van der Waals surface area contributed by atoms with Crippen molar-refractivity contribution < 1.29 is 9.53 Å². The monoisotopic (exact) mass is 185 g/mol. The Labute approximate surface area is 80.2 Å². The Kier molecular flexibility index (Phi) is 7.07. The lowest BCUT2D eigenvalue weighted by Gasteiger charge is -2.15. The highest BCUT2D eigenvalue weighted by Crippen LogP contribution is 2.00. The van der Waals surface area contributed by atoms with E-state index in [1.807, 2.05) is 6.92 Å². The molecule has 0 spiro atoms. The Morgan fingerprint density at radius 3 is 2.77 bits per heavy atom. The van der Waals surface area contributed by atoms with E-state index in [4.69, 9.17) is 4.74 Å². The SMILES string of the molecule is C=CCOC(=O)NC(CC)CCC. The number of rotatable bonds is 6.